The Balaban J connectivity index is 1.52. The van der Waals surface area contributed by atoms with Gasteiger partial charge < -0.3 is 25.7 Å². The van der Waals surface area contributed by atoms with Gasteiger partial charge in [-0.3, -0.25) is 14.4 Å². The van der Waals surface area contributed by atoms with E-state index in [1.165, 1.54) is 18.2 Å². The Kier molecular flexibility index (Phi) is 9.16. The molecule has 0 unspecified atom stereocenters. The van der Waals surface area contributed by atoms with Crippen molar-refractivity contribution in [2.75, 3.05) is 6.54 Å². The molecular weight excluding hydrogens is 513 g/mol. The number of nitrogens with one attached hydrogen (secondary N) is 2. The summed E-state index contributed by atoms with van der Waals surface area (Å²) in [6.07, 6.45) is -3.26. The first kappa shape index (κ1) is 28.8. The van der Waals surface area contributed by atoms with E-state index in [9.17, 15) is 29.0 Å². The Hall–Kier alpha value is -4.24. The van der Waals surface area contributed by atoms with Gasteiger partial charge in [0.05, 0.1) is 12.6 Å². The second-order valence-electron chi connectivity index (χ2n) is 10.1. The lowest BCUT2D eigenvalue weighted by Gasteiger charge is -2.30. The molecule has 4 N–H and O–H groups in total. The van der Waals surface area contributed by atoms with Crippen molar-refractivity contribution < 1.29 is 29.0 Å². The van der Waals surface area contributed by atoms with Gasteiger partial charge in [0.15, 0.2) is 6.10 Å². The van der Waals surface area contributed by atoms with Gasteiger partial charge in [0.2, 0.25) is 5.91 Å². The molecule has 0 radical (unpaired) electrons. The first-order valence-corrected chi connectivity index (χ1v) is 13.2. The van der Waals surface area contributed by atoms with Gasteiger partial charge in [0, 0.05) is 24.1 Å². The van der Waals surface area contributed by atoms with Crippen molar-refractivity contribution in [3.63, 3.8) is 0 Å². The van der Waals surface area contributed by atoms with E-state index in [1.807, 2.05) is 37.3 Å². The summed E-state index contributed by atoms with van der Waals surface area (Å²) in [5, 5.41) is 26.8. The molecule has 0 spiro atoms. The second-order valence-corrected chi connectivity index (χ2v) is 10.1. The van der Waals surface area contributed by atoms with Crippen LogP contribution < -0.4 is 10.6 Å². The molecule has 0 aliphatic carbocycles. The third kappa shape index (κ3) is 6.66. The van der Waals surface area contributed by atoms with Crippen LogP contribution in [-0.4, -0.2) is 63.7 Å². The quantitative estimate of drug-likeness (QED) is 0.329. The third-order valence-electron chi connectivity index (χ3n) is 7.35. The smallest absolute Gasteiger partial charge is 0.254 e. The number of likely N-dealkylation sites (tertiary alicyclic amines) is 1. The van der Waals surface area contributed by atoms with Crippen LogP contribution in [0.5, 0.6) is 5.75 Å². The largest absolute Gasteiger partial charge is 0.508 e. The number of nitrogens with zero attached hydrogens (tertiary/aromatic N) is 1. The minimum absolute atomic E-state index is 0.0607. The summed E-state index contributed by atoms with van der Waals surface area (Å²) >= 11 is 0. The highest BCUT2D eigenvalue weighted by Crippen LogP contribution is 2.24. The molecule has 3 aromatic rings. The van der Waals surface area contributed by atoms with Gasteiger partial charge in [-0.25, -0.2) is 4.39 Å². The van der Waals surface area contributed by atoms with E-state index in [2.05, 4.69) is 10.6 Å². The lowest BCUT2D eigenvalue weighted by molar-refractivity contribution is -0.146. The molecule has 4 rings (SSSR count). The third-order valence-corrected chi connectivity index (χ3v) is 7.35. The summed E-state index contributed by atoms with van der Waals surface area (Å²) in [6, 6.07) is 18.9. The summed E-state index contributed by atoms with van der Waals surface area (Å²) in [5.41, 5.74) is 3.18. The number of aliphatic hydroxyl groups is 1. The molecule has 0 bridgehead atoms. The number of halogens is 1. The number of hydrogen-bond acceptors (Lipinski definition) is 5. The summed E-state index contributed by atoms with van der Waals surface area (Å²) in [6.45, 7) is 3.39. The second kappa shape index (κ2) is 12.7. The van der Waals surface area contributed by atoms with E-state index < -0.39 is 42.1 Å². The Bertz CT molecular complexity index is 1370. The predicted octanol–water partition coefficient (Wildman–Crippen LogP) is 2.97. The minimum Gasteiger partial charge on any atom is -0.508 e. The van der Waals surface area contributed by atoms with Gasteiger partial charge >= 0.3 is 0 Å². The normalized spacial score (nSPS) is 18.1. The number of aryl methyl sites for hydroxylation is 1. The Morgan fingerprint density at radius 1 is 1.00 bits per heavy atom. The van der Waals surface area contributed by atoms with Crippen LogP contribution in [0.25, 0.3) is 0 Å². The Morgan fingerprint density at radius 2 is 1.70 bits per heavy atom. The fourth-order valence-corrected chi connectivity index (χ4v) is 4.95. The maximum atomic E-state index is 14.5. The number of alkyl halides is 1. The van der Waals surface area contributed by atoms with Gasteiger partial charge in [-0.1, -0.05) is 60.7 Å². The van der Waals surface area contributed by atoms with Crippen LogP contribution in [0.3, 0.4) is 0 Å². The molecular formula is C31H34FN3O5. The van der Waals surface area contributed by atoms with E-state index in [4.69, 9.17) is 0 Å². The molecule has 1 aliphatic rings. The number of aromatic hydroxyl groups is 1. The van der Waals surface area contributed by atoms with Crippen LogP contribution in [0, 0.1) is 13.8 Å². The molecule has 3 amide bonds. The molecule has 0 aromatic heterocycles. The predicted molar refractivity (Wildman–Crippen MR) is 148 cm³/mol. The molecule has 1 heterocycles. The number of benzene rings is 3. The molecule has 1 fully saturated rings. The number of carbonyl (C=O) groups excluding carboxylic acids is 3. The van der Waals surface area contributed by atoms with E-state index in [0.717, 1.165) is 21.6 Å². The zero-order valence-corrected chi connectivity index (χ0v) is 22.5. The Morgan fingerprint density at radius 3 is 2.42 bits per heavy atom. The average molecular weight is 548 g/mol. The van der Waals surface area contributed by atoms with Crippen LogP contribution in [-0.2, 0) is 22.6 Å². The maximum Gasteiger partial charge on any atom is 0.254 e. The van der Waals surface area contributed by atoms with Gasteiger partial charge in [0.25, 0.3) is 11.8 Å². The number of hydrogen-bond donors (Lipinski definition) is 4. The van der Waals surface area contributed by atoms with Crippen molar-refractivity contribution in [3.8, 4) is 5.75 Å². The number of rotatable bonds is 9. The van der Waals surface area contributed by atoms with Crippen LogP contribution in [0.2, 0.25) is 0 Å². The number of aliphatic hydroxyl groups excluding tert-OH is 1. The van der Waals surface area contributed by atoms with E-state index in [1.54, 1.807) is 31.2 Å². The first-order valence-electron chi connectivity index (χ1n) is 13.2. The standard InChI is InChI=1S/C31H34FN3O5/c1-19-9-6-7-12-22(19)17-33-30(39)26-16-23(32)18-35(26)31(40)28(37)25(15-21-10-4-3-5-11-21)34-29(38)24-13-8-14-27(36)20(24)2/h3-14,23,25-26,28,36-37H,15-18H2,1-2H3,(H,33,39)(H,34,38)/t23-,25+,26+,28+/m1/s1. The molecule has 1 saturated heterocycles. The monoisotopic (exact) mass is 547 g/mol. The molecule has 0 saturated carbocycles. The highest BCUT2D eigenvalue weighted by Gasteiger charge is 2.43. The van der Waals surface area contributed by atoms with Crippen LogP contribution in [0.1, 0.15) is 39.0 Å². The number of carbonyl (C=O) groups is 3. The fraction of sp³-hybridized carbons (Fsp3) is 0.323. The lowest BCUT2D eigenvalue weighted by atomic mass is 9.98. The summed E-state index contributed by atoms with van der Waals surface area (Å²) in [5.74, 6) is -2.00. The van der Waals surface area contributed by atoms with Crippen LogP contribution >= 0.6 is 0 Å². The zero-order chi connectivity index (χ0) is 28.8. The topological polar surface area (TPSA) is 119 Å². The van der Waals surface area contributed by atoms with Crippen molar-refractivity contribution in [1.29, 1.82) is 0 Å². The number of phenols is 1. The van der Waals surface area contributed by atoms with Gasteiger partial charge in [-0.15, -0.1) is 0 Å². The molecule has 3 aromatic carbocycles. The van der Waals surface area contributed by atoms with Crippen LogP contribution in [0.4, 0.5) is 4.39 Å². The molecule has 9 heteroatoms. The molecule has 4 atom stereocenters. The number of amides is 3. The van der Waals surface area contributed by atoms with E-state index in [-0.39, 0.29) is 37.2 Å². The van der Waals surface area contributed by atoms with Gasteiger partial charge in [-0.2, -0.15) is 0 Å². The molecule has 40 heavy (non-hydrogen) atoms. The number of phenolic OH excluding ortho intramolecular Hbond substituents is 1. The van der Waals surface area contributed by atoms with E-state index >= 15 is 0 Å². The summed E-state index contributed by atoms with van der Waals surface area (Å²) in [4.78, 5) is 40.8. The SMILES string of the molecule is Cc1ccccc1CNC(=O)[C@@H]1C[C@@H](F)CN1C(=O)[C@@H](O)[C@H](Cc1ccccc1)NC(=O)c1cccc(O)c1C. The molecule has 210 valence electrons. The van der Waals surface area contributed by atoms with Gasteiger partial charge in [0.1, 0.15) is 18.0 Å². The van der Waals surface area contributed by atoms with Crippen molar-refractivity contribution in [1.82, 2.24) is 15.5 Å². The van der Waals surface area contributed by atoms with Gasteiger partial charge in [-0.05, 0) is 49.1 Å². The highest BCUT2D eigenvalue weighted by atomic mass is 19.1. The fourth-order valence-electron chi connectivity index (χ4n) is 4.95. The summed E-state index contributed by atoms with van der Waals surface area (Å²) in [7, 11) is 0. The van der Waals surface area contributed by atoms with Crippen molar-refractivity contribution in [3.05, 3.63) is 101 Å². The lowest BCUT2D eigenvalue weighted by Crippen LogP contribution is -2.55. The van der Waals surface area contributed by atoms with Crippen molar-refractivity contribution in [2.45, 2.75) is 57.6 Å². The van der Waals surface area contributed by atoms with Crippen LogP contribution in [0.15, 0.2) is 72.8 Å². The summed E-state index contributed by atoms with van der Waals surface area (Å²) < 4.78 is 14.5. The molecule has 1 aliphatic heterocycles. The van der Waals surface area contributed by atoms with Crippen molar-refractivity contribution in [2.24, 2.45) is 0 Å². The van der Waals surface area contributed by atoms with Crippen molar-refractivity contribution >= 4 is 17.7 Å². The Labute approximate surface area is 232 Å². The minimum atomic E-state index is -1.75. The maximum absolute atomic E-state index is 14.5. The highest BCUT2D eigenvalue weighted by molar-refractivity contribution is 5.97. The average Bonchev–Trinajstić information content (AvgIpc) is 3.35. The first-order chi connectivity index (χ1) is 19.2. The molecule has 8 nitrogen and oxygen atoms in total. The van der Waals surface area contributed by atoms with E-state index in [0.29, 0.717) is 5.56 Å². The zero-order valence-electron chi connectivity index (χ0n) is 22.5.